The van der Waals surface area contributed by atoms with E-state index in [9.17, 15) is 0 Å². The summed E-state index contributed by atoms with van der Waals surface area (Å²) in [7, 11) is 1.58. The average molecular weight is 248 g/mol. The predicted octanol–water partition coefficient (Wildman–Crippen LogP) is 2.33. The highest BCUT2D eigenvalue weighted by Gasteiger charge is 2.02. The summed E-state index contributed by atoms with van der Waals surface area (Å²) in [5.74, 6) is 1.32. The van der Waals surface area contributed by atoms with Crippen molar-refractivity contribution in [2.24, 2.45) is 0 Å². The second kappa shape index (κ2) is 7.57. The molecule has 0 saturated carbocycles. The predicted molar refractivity (Wildman–Crippen MR) is 71.0 cm³/mol. The molecule has 0 saturated heterocycles. The molecule has 1 N–H and O–H groups in total. The summed E-state index contributed by atoms with van der Waals surface area (Å²) in [6.45, 7) is 5.77. The van der Waals surface area contributed by atoms with Crippen LogP contribution < -0.4 is 14.8 Å². The van der Waals surface area contributed by atoms with Crippen molar-refractivity contribution in [1.29, 1.82) is 5.26 Å². The first-order valence-corrected chi connectivity index (χ1v) is 6.11. The van der Waals surface area contributed by atoms with Crippen molar-refractivity contribution in [3.05, 3.63) is 23.8 Å². The third kappa shape index (κ3) is 5.07. The van der Waals surface area contributed by atoms with Gasteiger partial charge in [-0.3, -0.25) is 0 Å². The van der Waals surface area contributed by atoms with E-state index in [1.807, 2.05) is 0 Å². The average Bonchev–Trinajstić information content (AvgIpc) is 2.37. The van der Waals surface area contributed by atoms with Crippen molar-refractivity contribution >= 4 is 0 Å². The molecule has 1 aromatic carbocycles. The van der Waals surface area contributed by atoms with Gasteiger partial charge in [0.15, 0.2) is 0 Å². The van der Waals surface area contributed by atoms with Crippen LogP contribution in [0.3, 0.4) is 0 Å². The molecule has 0 aliphatic heterocycles. The van der Waals surface area contributed by atoms with Crippen molar-refractivity contribution in [2.75, 3.05) is 20.3 Å². The minimum atomic E-state index is 0.493. The van der Waals surface area contributed by atoms with Gasteiger partial charge in [0.05, 0.1) is 25.3 Å². The topological polar surface area (TPSA) is 54.3 Å². The molecule has 0 radical (unpaired) electrons. The van der Waals surface area contributed by atoms with Gasteiger partial charge in [-0.05, 0) is 25.1 Å². The molecule has 4 heteroatoms. The fourth-order valence-corrected chi connectivity index (χ4v) is 1.49. The Morgan fingerprint density at radius 1 is 1.28 bits per heavy atom. The van der Waals surface area contributed by atoms with Gasteiger partial charge in [-0.25, -0.2) is 0 Å². The highest BCUT2D eigenvalue weighted by atomic mass is 16.5. The summed E-state index contributed by atoms with van der Waals surface area (Å²) in [6, 6.07) is 7.78. The maximum absolute atomic E-state index is 8.88. The number of nitrogens with one attached hydrogen (secondary N) is 1. The van der Waals surface area contributed by atoms with Gasteiger partial charge in [0.2, 0.25) is 0 Å². The smallest absolute Gasteiger partial charge is 0.124 e. The zero-order valence-electron chi connectivity index (χ0n) is 11.2. The molecule has 0 bridgehead atoms. The van der Waals surface area contributed by atoms with Gasteiger partial charge < -0.3 is 14.8 Å². The molecule has 0 spiro atoms. The molecule has 0 aromatic heterocycles. The first-order valence-electron chi connectivity index (χ1n) is 6.11. The normalized spacial score (nSPS) is 10.2. The molecule has 98 valence electrons. The standard InChI is InChI=1S/C14H20N2O2/c1-11(2)16-5-4-6-18-14-8-12(10-15)7-13(9-14)17-3/h7-9,11,16H,4-6H2,1-3H3. The van der Waals surface area contributed by atoms with E-state index in [4.69, 9.17) is 14.7 Å². The molecule has 1 rings (SSSR count). The van der Waals surface area contributed by atoms with Gasteiger partial charge in [-0.2, -0.15) is 5.26 Å². The highest BCUT2D eigenvalue weighted by Crippen LogP contribution is 2.22. The zero-order chi connectivity index (χ0) is 13.4. The lowest BCUT2D eigenvalue weighted by Gasteiger charge is -2.10. The van der Waals surface area contributed by atoms with Gasteiger partial charge in [-0.1, -0.05) is 13.8 Å². The molecule has 0 aliphatic carbocycles. The Morgan fingerprint density at radius 3 is 2.61 bits per heavy atom. The van der Waals surface area contributed by atoms with E-state index in [-0.39, 0.29) is 0 Å². The molecular formula is C14H20N2O2. The molecule has 0 unspecified atom stereocenters. The van der Waals surface area contributed by atoms with Gasteiger partial charge in [0.1, 0.15) is 11.5 Å². The number of nitriles is 1. The van der Waals surface area contributed by atoms with Gasteiger partial charge in [-0.15, -0.1) is 0 Å². The van der Waals surface area contributed by atoms with E-state index in [1.165, 1.54) is 0 Å². The number of ether oxygens (including phenoxy) is 2. The molecule has 18 heavy (non-hydrogen) atoms. The van der Waals surface area contributed by atoms with Crippen LogP contribution >= 0.6 is 0 Å². The maximum Gasteiger partial charge on any atom is 0.124 e. The highest BCUT2D eigenvalue weighted by molar-refractivity contribution is 5.43. The van der Waals surface area contributed by atoms with Crippen LogP contribution in [0.15, 0.2) is 18.2 Å². The Bertz CT molecular complexity index is 411. The van der Waals surface area contributed by atoms with Crippen LogP contribution in [-0.4, -0.2) is 26.3 Å². The number of nitrogens with zero attached hydrogens (tertiary/aromatic N) is 1. The van der Waals surface area contributed by atoms with Crippen LogP contribution in [0.1, 0.15) is 25.8 Å². The molecular weight excluding hydrogens is 228 g/mol. The summed E-state index contributed by atoms with van der Waals surface area (Å²) in [4.78, 5) is 0. The van der Waals surface area contributed by atoms with Gasteiger partial charge in [0, 0.05) is 12.1 Å². The Balaban J connectivity index is 2.44. The Kier molecular flexibility index (Phi) is 6.03. The van der Waals surface area contributed by atoms with E-state index in [0.717, 1.165) is 13.0 Å². The largest absolute Gasteiger partial charge is 0.497 e. The van der Waals surface area contributed by atoms with Crippen LogP contribution in [0.4, 0.5) is 0 Å². The molecule has 0 aliphatic rings. The number of benzene rings is 1. The zero-order valence-corrected chi connectivity index (χ0v) is 11.2. The van der Waals surface area contributed by atoms with Crippen molar-refractivity contribution in [2.45, 2.75) is 26.3 Å². The summed E-state index contributed by atoms with van der Waals surface area (Å²) in [5, 5.41) is 12.2. The summed E-state index contributed by atoms with van der Waals surface area (Å²) < 4.78 is 10.7. The maximum atomic E-state index is 8.88. The summed E-state index contributed by atoms with van der Waals surface area (Å²) in [6.07, 6.45) is 0.928. The molecule has 0 fully saturated rings. The number of hydrogen-bond acceptors (Lipinski definition) is 4. The van der Waals surface area contributed by atoms with Gasteiger partial charge in [0.25, 0.3) is 0 Å². The minimum Gasteiger partial charge on any atom is -0.497 e. The van der Waals surface area contributed by atoms with Crippen LogP contribution in [0.25, 0.3) is 0 Å². The SMILES string of the molecule is COc1cc(C#N)cc(OCCCNC(C)C)c1. The van der Waals surface area contributed by atoms with Crippen LogP contribution in [0.5, 0.6) is 11.5 Å². The van der Waals surface area contributed by atoms with E-state index in [0.29, 0.717) is 29.7 Å². The lowest BCUT2D eigenvalue weighted by molar-refractivity contribution is 0.304. The van der Waals surface area contributed by atoms with Crippen LogP contribution in [0, 0.1) is 11.3 Å². The van der Waals surface area contributed by atoms with Crippen molar-refractivity contribution in [1.82, 2.24) is 5.32 Å². The first kappa shape index (κ1) is 14.3. The quantitative estimate of drug-likeness (QED) is 0.752. The van der Waals surface area contributed by atoms with Crippen LogP contribution in [-0.2, 0) is 0 Å². The number of hydrogen-bond donors (Lipinski definition) is 1. The van der Waals surface area contributed by atoms with E-state index >= 15 is 0 Å². The Hall–Kier alpha value is -1.73. The second-order valence-corrected chi connectivity index (χ2v) is 4.32. The summed E-state index contributed by atoms with van der Waals surface area (Å²) in [5.41, 5.74) is 0.546. The Morgan fingerprint density at radius 2 is 2.00 bits per heavy atom. The van der Waals surface area contributed by atoms with Crippen molar-refractivity contribution in [3.8, 4) is 17.6 Å². The lowest BCUT2D eigenvalue weighted by atomic mass is 10.2. The molecule has 4 nitrogen and oxygen atoms in total. The molecule has 0 amide bonds. The van der Waals surface area contributed by atoms with E-state index in [1.54, 1.807) is 25.3 Å². The van der Waals surface area contributed by atoms with Crippen LogP contribution in [0.2, 0.25) is 0 Å². The first-order chi connectivity index (χ1) is 8.65. The van der Waals surface area contributed by atoms with Gasteiger partial charge >= 0.3 is 0 Å². The number of methoxy groups -OCH3 is 1. The van der Waals surface area contributed by atoms with Crippen molar-refractivity contribution < 1.29 is 9.47 Å². The summed E-state index contributed by atoms with van der Waals surface area (Å²) >= 11 is 0. The monoisotopic (exact) mass is 248 g/mol. The molecule has 0 atom stereocenters. The third-order valence-electron chi connectivity index (χ3n) is 2.39. The molecule has 0 heterocycles. The minimum absolute atomic E-state index is 0.493. The third-order valence-corrected chi connectivity index (χ3v) is 2.39. The Labute approximate surface area is 109 Å². The fourth-order valence-electron chi connectivity index (χ4n) is 1.49. The van der Waals surface area contributed by atoms with Crippen molar-refractivity contribution in [3.63, 3.8) is 0 Å². The lowest BCUT2D eigenvalue weighted by Crippen LogP contribution is -2.24. The van der Waals surface area contributed by atoms with E-state index in [2.05, 4.69) is 25.2 Å². The second-order valence-electron chi connectivity index (χ2n) is 4.32. The van der Waals surface area contributed by atoms with E-state index < -0.39 is 0 Å². The number of rotatable bonds is 7. The fraction of sp³-hybridized carbons (Fsp3) is 0.500. The molecule has 1 aromatic rings.